The predicted octanol–water partition coefficient (Wildman–Crippen LogP) is 1.68. The minimum atomic E-state index is -3.58. The highest BCUT2D eigenvalue weighted by atomic mass is 32.2. The Labute approximate surface area is 183 Å². The summed E-state index contributed by atoms with van der Waals surface area (Å²) in [6.45, 7) is 3.68. The molecule has 166 valence electrons. The molecule has 2 saturated heterocycles. The number of urea groups is 1. The number of hydrogen-bond acceptors (Lipinski definition) is 6. The lowest BCUT2D eigenvalue weighted by Crippen LogP contribution is -2.52. The van der Waals surface area contributed by atoms with E-state index >= 15 is 0 Å². The van der Waals surface area contributed by atoms with Crippen LogP contribution in [0.1, 0.15) is 24.8 Å². The molecule has 1 N–H and O–H groups in total. The van der Waals surface area contributed by atoms with E-state index in [2.05, 4.69) is 20.2 Å². The summed E-state index contributed by atoms with van der Waals surface area (Å²) >= 11 is 0. The van der Waals surface area contributed by atoms with Crippen LogP contribution in [-0.2, 0) is 16.6 Å². The molecule has 4 heterocycles. The number of carbonyl (C=O) groups is 1. The van der Waals surface area contributed by atoms with E-state index < -0.39 is 10.0 Å². The largest absolute Gasteiger partial charge is 0.357 e. The maximum absolute atomic E-state index is 12.7. The Morgan fingerprint density at radius 1 is 1.00 bits per heavy atom. The molecule has 2 aliphatic rings. The van der Waals surface area contributed by atoms with Gasteiger partial charge in [0.05, 0.1) is 0 Å². The van der Waals surface area contributed by atoms with E-state index in [9.17, 15) is 13.2 Å². The zero-order chi connectivity index (χ0) is 21.7. The number of pyridine rings is 2. The van der Waals surface area contributed by atoms with Gasteiger partial charge in [0.15, 0.2) is 0 Å². The van der Waals surface area contributed by atoms with Gasteiger partial charge in [0.2, 0.25) is 10.0 Å². The summed E-state index contributed by atoms with van der Waals surface area (Å²) in [5.74, 6) is 0.959. The van der Waals surface area contributed by atoms with Crippen LogP contribution in [0.15, 0.2) is 47.8 Å². The molecule has 0 bridgehead atoms. The molecule has 0 radical (unpaired) electrons. The Kier molecular flexibility index (Phi) is 6.67. The molecule has 31 heavy (non-hydrogen) atoms. The van der Waals surface area contributed by atoms with Crippen molar-refractivity contribution in [2.45, 2.75) is 30.7 Å². The molecule has 2 aromatic heterocycles. The number of nitrogens with one attached hydrogen (secondary N) is 1. The van der Waals surface area contributed by atoms with Crippen LogP contribution in [0.2, 0.25) is 0 Å². The van der Waals surface area contributed by atoms with E-state index in [-0.39, 0.29) is 24.0 Å². The van der Waals surface area contributed by atoms with Crippen LogP contribution in [0.5, 0.6) is 0 Å². The third-order valence-electron chi connectivity index (χ3n) is 5.73. The fraction of sp³-hybridized carbons (Fsp3) is 0.476. The van der Waals surface area contributed by atoms with Gasteiger partial charge in [-0.1, -0.05) is 0 Å². The molecule has 9 nitrogen and oxygen atoms in total. The van der Waals surface area contributed by atoms with Crippen molar-refractivity contribution in [2.75, 3.05) is 44.2 Å². The van der Waals surface area contributed by atoms with Gasteiger partial charge < -0.3 is 15.1 Å². The van der Waals surface area contributed by atoms with Crippen molar-refractivity contribution in [1.82, 2.24) is 24.5 Å². The summed E-state index contributed by atoms with van der Waals surface area (Å²) in [6, 6.07) is 6.89. The number of nitrogens with zero attached hydrogens (tertiary/aromatic N) is 5. The minimum absolute atomic E-state index is 0.176. The van der Waals surface area contributed by atoms with Crippen LogP contribution in [0.25, 0.3) is 0 Å². The topological polar surface area (TPSA) is 98.7 Å². The molecule has 2 amide bonds. The van der Waals surface area contributed by atoms with Gasteiger partial charge >= 0.3 is 6.03 Å². The summed E-state index contributed by atoms with van der Waals surface area (Å²) in [6.07, 6.45) is 8.31. The first kappa shape index (κ1) is 21.5. The molecule has 0 unspecified atom stereocenters. The first-order valence-corrected chi connectivity index (χ1v) is 12.1. The molecule has 2 aromatic rings. The molecule has 4 rings (SSSR count). The van der Waals surface area contributed by atoms with E-state index in [0.717, 1.165) is 24.5 Å². The molecular formula is C21H28N6O3S. The molecule has 0 saturated carbocycles. The Bertz CT molecular complexity index is 987. The summed E-state index contributed by atoms with van der Waals surface area (Å²) < 4.78 is 26.8. The van der Waals surface area contributed by atoms with Gasteiger partial charge in [-0.15, -0.1) is 0 Å². The van der Waals surface area contributed by atoms with Gasteiger partial charge in [0.1, 0.15) is 10.7 Å². The van der Waals surface area contributed by atoms with Gasteiger partial charge in [-0.05, 0) is 49.1 Å². The SMILES string of the molecule is O=C(NCc1ccnc(N2CCCCC2)c1)N1CCN(S(=O)(=O)c2cccnc2)CC1. The van der Waals surface area contributed by atoms with Gasteiger partial charge in [-0.3, -0.25) is 4.98 Å². The lowest BCUT2D eigenvalue weighted by atomic mass is 10.1. The second-order valence-electron chi connectivity index (χ2n) is 7.81. The number of sulfonamides is 1. The van der Waals surface area contributed by atoms with Crippen molar-refractivity contribution >= 4 is 21.9 Å². The summed E-state index contributed by atoms with van der Waals surface area (Å²) in [4.78, 5) is 25.1. The van der Waals surface area contributed by atoms with Crippen LogP contribution in [-0.4, -0.2) is 72.9 Å². The van der Waals surface area contributed by atoms with Gasteiger partial charge in [0.25, 0.3) is 0 Å². The normalized spacial score (nSPS) is 18.1. The zero-order valence-corrected chi connectivity index (χ0v) is 18.3. The maximum Gasteiger partial charge on any atom is 0.317 e. The molecule has 2 fully saturated rings. The minimum Gasteiger partial charge on any atom is -0.357 e. The fourth-order valence-corrected chi connectivity index (χ4v) is 5.32. The van der Waals surface area contributed by atoms with E-state index in [1.165, 1.54) is 35.8 Å². The lowest BCUT2D eigenvalue weighted by Gasteiger charge is -2.34. The predicted molar refractivity (Wildman–Crippen MR) is 117 cm³/mol. The Morgan fingerprint density at radius 3 is 2.48 bits per heavy atom. The van der Waals surface area contributed by atoms with Crippen LogP contribution in [0, 0.1) is 0 Å². The van der Waals surface area contributed by atoms with Crippen molar-refractivity contribution in [3.8, 4) is 0 Å². The van der Waals surface area contributed by atoms with E-state index in [0.29, 0.717) is 19.6 Å². The number of carbonyl (C=O) groups excluding carboxylic acids is 1. The van der Waals surface area contributed by atoms with Gasteiger partial charge in [0, 0.05) is 64.4 Å². The molecule has 2 aliphatic heterocycles. The number of rotatable bonds is 5. The number of amides is 2. The van der Waals surface area contributed by atoms with Crippen LogP contribution < -0.4 is 10.2 Å². The van der Waals surface area contributed by atoms with Crippen molar-refractivity contribution in [3.63, 3.8) is 0 Å². The fourth-order valence-electron chi connectivity index (χ4n) is 3.94. The van der Waals surface area contributed by atoms with E-state index in [1.54, 1.807) is 23.4 Å². The van der Waals surface area contributed by atoms with Gasteiger partial charge in [-0.2, -0.15) is 4.31 Å². The van der Waals surface area contributed by atoms with Crippen LogP contribution in [0.3, 0.4) is 0 Å². The van der Waals surface area contributed by atoms with Crippen molar-refractivity contribution < 1.29 is 13.2 Å². The Morgan fingerprint density at radius 2 is 1.77 bits per heavy atom. The number of piperazine rings is 1. The number of piperidine rings is 1. The molecule has 0 spiro atoms. The highest BCUT2D eigenvalue weighted by Crippen LogP contribution is 2.19. The standard InChI is InChI=1S/C21H28N6O3S/c28-21(24-16-18-6-8-23-20(15-18)25-9-2-1-3-10-25)26-11-13-27(14-12-26)31(29,30)19-5-4-7-22-17-19/h4-8,15,17H,1-3,9-14,16H2,(H,24,28). The van der Waals surface area contributed by atoms with E-state index in [4.69, 9.17) is 0 Å². The average Bonchev–Trinajstić information content (AvgIpc) is 2.84. The second kappa shape index (κ2) is 9.61. The third kappa shape index (κ3) is 5.13. The highest BCUT2D eigenvalue weighted by molar-refractivity contribution is 7.89. The van der Waals surface area contributed by atoms with Crippen LogP contribution in [0.4, 0.5) is 10.6 Å². The second-order valence-corrected chi connectivity index (χ2v) is 9.75. The number of anilines is 1. The quantitative estimate of drug-likeness (QED) is 0.754. The first-order chi connectivity index (χ1) is 15.0. The van der Waals surface area contributed by atoms with Crippen molar-refractivity contribution in [3.05, 3.63) is 48.4 Å². The summed E-state index contributed by atoms with van der Waals surface area (Å²) in [5.41, 5.74) is 1.00. The molecule has 0 aromatic carbocycles. The monoisotopic (exact) mass is 444 g/mol. The van der Waals surface area contributed by atoms with Crippen LogP contribution >= 0.6 is 0 Å². The lowest BCUT2D eigenvalue weighted by molar-refractivity contribution is 0.172. The van der Waals surface area contributed by atoms with Crippen molar-refractivity contribution in [1.29, 1.82) is 0 Å². The van der Waals surface area contributed by atoms with Gasteiger partial charge in [-0.25, -0.2) is 18.2 Å². The number of hydrogen-bond donors (Lipinski definition) is 1. The zero-order valence-electron chi connectivity index (χ0n) is 17.5. The average molecular weight is 445 g/mol. The first-order valence-electron chi connectivity index (χ1n) is 10.7. The maximum atomic E-state index is 12.7. The molecule has 0 aliphatic carbocycles. The summed E-state index contributed by atoms with van der Waals surface area (Å²) in [7, 11) is -3.58. The molecule has 10 heteroatoms. The summed E-state index contributed by atoms with van der Waals surface area (Å²) in [5, 5.41) is 2.95. The number of aromatic nitrogens is 2. The van der Waals surface area contributed by atoms with E-state index in [1.807, 2.05) is 12.1 Å². The third-order valence-corrected chi connectivity index (χ3v) is 7.61. The Hall–Kier alpha value is -2.72. The Balaban J connectivity index is 1.29. The molecule has 0 atom stereocenters. The highest BCUT2D eigenvalue weighted by Gasteiger charge is 2.30. The van der Waals surface area contributed by atoms with Crippen molar-refractivity contribution in [2.24, 2.45) is 0 Å². The smallest absolute Gasteiger partial charge is 0.317 e. The molecular weight excluding hydrogens is 416 g/mol.